The number of hydrogen-bond acceptors (Lipinski definition) is 2. The summed E-state index contributed by atoms with van der Waals surface area (Å²) in [6.07, 6.45) is 2.23. The topological polar surface area (TPSA) is 26.0 Å². The van der Waals surface area contributed by atoms with Crippen LogP contribution in [0.15, 0.2) is 0 Å². The standard InChI is InChI=1S/C19H41NS/c1-11-18(9,13(2)3)17(7,8)16(6)19(10,21)14(4)12-15(5)20/h13-16,21H,11-12,20H2,1-10H3. The quantitative estimate of drug-likeness (QED) is 0.545. The first-order chi connectivity index (χ1) is 9.25. The molecule has 0 fully saturated rings. The maximum absolute atomic E-state index is 6.03. The molecule has 0 rings (SSSR count). The third-order valence-corrected chi connectivity index (χ3v) is 7.99. The number of nitrogens with two attached hydrogens (primary N) is 1. The van der Waals surface area contributed by atoms with E-state index in [1.807, 2.05) is 0 Å². The van der Waals surface area contributed by atoms with E-state index in [1.165, 1.54) is 6.42 Å². The predicted molar refractivity (Wildman–Crippen MR) is 101 cm³/mol. The molecule has 0 radical (unpaired) electrons. The van der Waals surface area contributed by atoms with Crippen LogP contribution in [0.25, 0.3) is 0 Å². The summed E-state index contributed by atoms with van der Waals surface area (Å²) in [5, 5.41) is 0. The van der Waals surface area contributed by atoms with Gasteiger partial charge in [-0.25, -0.2) is 0 Å². The molecule has 0 aromatic heterocycles. The second-order valence-electron chi connectivity index (χ2n) is 8.71. The van der Waals surface area contributed by atoms with Gasteiger partial charge >= 0.3 is 0 Å². The molecule has 21 heavy (non-hydrogen) atoms. The SMILES string of the molecule is CCC(C)(C(C)C)C(C)(C)C(C)C(C)(S)C(C)CC(C)N. The fourth-order valence-electron chi connectivity index (χ4n) is 4.06. The summed E-state index contributed by atoms with van der Waals surface area (Å²) < 4.78 is -0.0115. The maximum atomic E-state index is 6.03. The molecule has 0 saturated carbocycles. The highest BCUT2D eigenvalue weighted by atomic mass is 32.1. The minimum absolute atomic E-state index is 0.0115. The molecular formula is C19H41NS. The number of hydrogen-bond donors (Lipinski definition) is 2. The van der Waals surface area contributed by atoms with Crippen molar-refractivity contribution in [3.05, 3.63) is 0 Å². The second kappa shape index (κ2) is 7.25. The van der Waals surface area contributed by atoms with Gasteiger partial charge in [0.25, 0.3) is 0 Å². The minimum atomic E-state index is -0.0115. The van der Waals surface area contributed by atoms with Gasteiger partial charge in [-0.1, -0.05) is 62.3 Å². The molecule has 0 aliphatic rings. The van der Waals surface area contributed by atoms with Gasteiger partial charge in [0.1, 0.15) is 0 Å². The highest BCUT2D eigenvalue weighted by Gasteiger charge is 2.51. The first-order valence-corrected chi connectivity index (χ1v) is 9.17. The Balaban J connectivity index is 5.50. The van der Waals surface area contributed by atoms with Crippen molar-refractivity contribution in [3.8, 4) is 0 Å². The van der Waals surface area contributed by atoms with Gasteiger partial charge in [0, 0.05) is 10.8 Å². The van der Waals surface area contributed by atoms with Crippen molar-refractivity contribution in [2.45, 2.75) is 92.9 Å². The van der Waals surface area contributed by atoms with Crippen LogP contribution in [-0.2, 0) is 0 Å². The van der Waals surface area contributed by atoms with Crippen LogP contribution in [0.1, 0.15) is 82.1 Å². The van der Waals surface area contributed by atoms with Crippen LogP contribution in [0.2, 0.25) is 0 Å². The van der Waals surface area contributed by atoms with E-state index in [2.05, 4.69) is 69.2 Å². The largest absolute Gasteiger partial charge is 0.328 e. The summed E-state index contributed by atoms with van der Waals surface area (Å²) in [5.74, 6) is 1.67. The van der Waals surface area contributed by atoms with Crippen LogP contribution < -0.4 is 5.73 Å². The number of rotatable bonds is 8. The highest BCUT2D eigenvalue weighted by Crippen LogP contribution is 2.56. The highest BCUT2D eigenvalue weighted by molar-refractivity contribution is 7.81. The van der Waals surface area contributed by atoms with Crippen molar-refractivity contribution in [3.63, 3.8) is 0 Å². The molecule has 0 aromatic rings. The van der Waals surface area contributed by atoms with Crippen LogP contribution in [-0.4, -0.2) is 10.8 Å². The normalized spacial score (nSPS) is 23.3. The summed E-state index contributed by atoms with van der Waals surface area (Å²) in [5.41, 5.74) is 6.56. The third-order valence-electron chi connectivity index (χ3n) is 7.16. The van der Waals surface area contributed by atoms with Gasteiger partial charge in [-0.3, -0.25) is 0 Å². The second-order valence-corrected chi connectivity index (χ2v) is 9.67. The first-order valence-electron chi connectivity index (χ1n) is 8.73. The van der Waals surface area contributed by atoms with Crippen molar-refractivity contribution in [1.82, 2.24) is 0 Å². The van der Waals surface area contributed by atoms with Crippen LogP contribution in [0.3, 0.4) is 0 Å². The Morgan fingerprint density at radius 3 is 1.67 bits per heavy atom. The zero-order valence-corrected chi connectivity index (χ0v) is 17.1. The van der Waals surface area contributed by atoms with Crippen LogP contribution >= 0.6 is 12.6 Å². The molecule has 0 aliphatic heterocycles. The van der Waals surface area contributed by atoms with Crippen LogP contribution in [0.5, 0.6) is 0 Å². The number of thiol groups is 1. The summed E-state index contributed by atoms with van der Waals surface area (Å²) in [6, 6.07) is 0.240. The summed E-state index contributed by atoms with van der Waals surface area (Å²) in [7, 11) is 0. The molecule has 1 nitrogen and oxygen atoms in total. The molecule has 2 N–H and O–H groups in total. The summed E-state index contributed by atoms with van der Waals surface area (Å²) in [4.78, 5) is 0. The summed E-state index contributed by atoms with van der Waals surface area (Å²) >= 11 is 5.13. The molecule has 0 aliphatic carbocycles. The van der Waals surface area contributed by atoms with Crippen LogP contribution in [0, 0.1) is 28.6 Å². The average Bonchev–Trinajstić information content (AvgIpc) is 2.35. The van der Waals surface area contributed by atoms with E-state index in [1.54, 1.807) is 0 Å². The maximum Gasteiger partial charge on any atom is 0.0158 e. The third kappa shape index (κ3) is 4.19. The van der Waals surface area contributed by atoms with E-state index in [0.29, 0.717) is 23.2 Å². The van der Waals surface area contributed by atoms with Gasteiger partial charge in [0.05, 0.1) is 0 Å². The van der Waals surface area contributed by atoms with Crippen molar-refractivity contribution >= 4 is 12.6 Å². The lowest BCUT2D eigenvalue weighted by Crippen LogP contribution is -2.51. The molecule has 2 heteroatoms. The molecule has 5 atom stereocenters. The zero-order valence-electron chi connectivity index (χ0n) is 16.2. The van der Waals surface area contributed by atoms with E-state index < -0.39 is 0 Å². The molecule has 5 unspecified atom stereocenters. The molecule has 0 spiro atoms. The lowest BCUT2D eigenvalue weighted by atomic mass is 9.52. The van der Waals surface area contributed by atoms with E-state index in [9.17, 15) is 0 Å². The zero-order chi connectivity index (χ0) is 17.2. The van der Waals surface area contributed by atoms with E-state index in [4.69, 9.17) is 18.4 Å². The molecular weight excluding hydrogens is 274 g/mol. The smallest absolute Gasteiger partial charge is 0.0158 e. The first kappa shape index (κ1) is 21.3. The van der Waals surface area contributed by atoms with E-state index in [0.717, 1.165) is 6.42 Å². The van der Waals surface area contributed by atoms with Crippen LogP contribution in [0.4, 0.5) is 0 Å². The Hall–Kier alpha value is 0.310. The van der Waals surface area contributed by atoms with Gasteiger partial charge in [-0.05, 0) is 48.3 Å². The Kier molecular flexibility index (Phi) is 7.36. The van der Waals surface area contributed by atoms with Crippen molar-refractivity contribution in [2.24, 2.45) is 34.3 Å². The lowest BCUT2D eigenvalue weighted by Gasteiger charge is -2.56. The monoisotopic (exact) mass is 315 g/mol. The van der Waals surface area contributed by atoms with Gasteiger partial charge in [0.2, 0.25) is 0 Å². The van der Waals surface area contributed by atoms with Gasteiger partial charge in [0.15, 0.2) is 0 Å². The molecule has 0 saturated heterocycles. The molecule has 128 valence electrons. The lowest BCUT2D eigenvalue weighted by molar-refractivity contribution is -0.0326. The Morgan fingerprint density at radius 1 is 0.952 bits per heavy atom. The fourth-order valence-corrected chi connectivity index (χ4v) is 4.48. The Bertz CT molecular complexity index is 320. The average molecular weight is 316 g/mol. The van der Waals surface area contributed by atoms with E-state index in [-0.39, 0.29) is 16.2 Å². The predicted octanol–water partition coefficient (Wildman–Crippen LogP) is 5.78. The minimum Gasteiger partial charge on any atom is -0.328 e. The fraction of sp³-hybridized carbons (Fsp3) is 1.00. The molecule has 0 heterocycles. The van der Waals surface area contributed by atoms with Crippen molar-refractivity contribution in [1.29, 1.82) is 0 Å². The van der Waals surface area contributed by atoms with E-state index >= 15 is 0 Å². The summed E-state index contributed by atoms with van der Waals surface area (Å²) in [6.45, 7) is 23.5. The molecule has 0 amide bonds. The van der Waals surface area contributed by atoms with Gasteiger partial charge in [-0.15, -0.1) is 0 Å². The van der Waals surface area contributed by atoms with Gasteiger partial charge in [-0.2, -0.15) is 12.6 Å². The Labute approximate surface area is 140 Å². The Morgan fingerprint density at radius 2 is 1.38 bits per heavy atom. The van der Waals surface area contributed by atoms with Gasteiger partial charge < -0.3 is 5.73 Å². The molecule has 0 bridgehead atoms. The van der Waals surface area contributed by atoms with Crippen molar-refractivity contribution < 1.29 is 0 Å². The molecule has 0 aromatic carbocycles. The van der Waals surface area contributed by atoms with Crippen molar-refractivity contribution in [2.75, 3.05) is 0 Å².